The molecular weight excluding hydrogens is 406 g/mol. The Labute approximate surface area is 188 Å². The molecule has 7 nitrogen and oxygen atoms in total. The van der Waals surface area contributed by atoms with Crippen LogP contribution in [0, 0.1) is 13.8 Å². The lowest BCUT2D eigenvalue weighted by atomic mass is 10.1. The topological polar surface area (TPSA) is 83.7 Å². The van der Waals surface area contributed by atoms with Crippen LogP contribution < -0.4 is 10.1 Å². The van der Waals surface area contributed by atoms with Crippen molar-refractivity contribution in [3.63, 3.8) is 0 Å². The maximum atomic E-state index is 13.2. The van der Waals surface area contributed by atoms with Crippen molar-refractivity contribution in [1.29, 1.82) is 0 Å². The van der Waals surface area contributed by atoms with Crippen LogP contribution in [0.1, 0.15) is 39.8 Å². The fraction of sp³-hybridized carbons (Fsp3) is 0.280. The number of benzene rings is 2. The minimum atomic E-state index is -0.359. The molecule has 0 saturated carbocycles. The number of nitrogens with one attached hydrogen (secondary N) is 2. The summed E-state index contributed by atoms with van der Waals surface area (Å²) in [5.74, 6) is 0.357. The van der Waals surface area contributed by atoms with Gasteiger partial charge in [0.25, 0.3) is 0 Å². The highest BCUT2D eigenvalue weighted by atomic mass is 16.5. The molecule has 2 N–H and O–H groups in total. The van der Waals surface area contributed by atoms with Gasteiger partial charge < -0.3 is 24.7 Å². The molecule has 0 aliphatic rings. The second kappa shape index (κ2) is 10.5. The van der Waals surface area contributed by atoms with Gasteiger partial charge in [-0.2, -0.15) is 0 Å². The number of nitrogens with zero attached hydrogens (tertiary/aromatic N) is 1. The van der Waals surface area contributed by atoms with Crippen molar-refractivity contribution in [1.82, 2.24) is 9.88 Å². The average molecular weight is 436 g/mol. The van der Waals surface area contributed by atoms with E-state index >= 15 is 0 Å². The fourth-order valence-electron chi connectivity index (χ4n) is 3.55. The van der Waals surface area contributed by atoms with E-state index in [0.29, 0.717) is 36.7 Å². The van der Waals surface area contributed by atoms with E-state index in [0.717, 1.165) is 22.5 Å². The van der Waals surface area contributed by atoms with Crippen LogP contribution >= 0.6 is 0 Å². The molecule has 7 heteroatoms. The van der Waals surface area contributed by atoms with E-state index in [2.05, 4.69) is 10.3 Å². The average Bonchev–Trinajstić information content (AvgIpc) is 3.07. The van der Waals surface area contributed by atoms with Crippen LogP contribution in [-0.2, 0) is 17.8 Å². The van der Waals surface area contributed by atoms with Crippen LogP contribution in [0.15, 0.2) is 54.6 Å². The van der Waals surface area contributed by atoms with Crippen LogP contribution in [0.3, 0.4) is 0 Å². The van der Waals surface area contributed by atoms with Gasteiger partial charge in [0, 0.05) is 23.6 Å². The third-order valence-corrected chi connectivity index (χ3v) is 5.21. The molecule has 3 aromatic rings. The molecule has 168 valence electrons. The number of H-pyrrole nitrogens is 1. The summed E-state index contributed by atoms with van der Waals surface area (Å²) in [7, 11) is 1.60. The van der Waals surface area contributed by atoms with Crippen molar-refractivity contribution >= 4 is 17.7 Å². The first kappa shape index (κ1) is 22.9. The lowest BCUT2D eigenvalue weighted by molar-refractivity contribution is 0.0525. The zero-order chi connectivity index (χ0) is 23.1. The van der Waals surface area contributed by atoms with Gasteiger partial charge in [-0.1, -0.05) is 30.3 Å². The predicted octanol–water partition coefficient (Wildman–Crippen LogP) is 5.05. The molecule has 32 heavy (non-hydrogen) atoms. The molecule has 0 atom stereocenters. The zero-order valence-corrected chi connectivity index (χ0v) is 18.9. The molecule has 3 rings (SSSR count). The van der Waals surface area contributed by atoms with E-state index in [4.69, 9.17) is 9.47 Å². The van der Waals surface area contributed by atoms with Gasteiger partial charge in [-0.25, -0.2) is 9.59 Å². The second-order valence-corrected chi connectivity index (χ2v) is 7.45. The lowest BCUT2D eigenvalue weighted by Crippen LogP contribution is -2.34. The van der Waals surface area contributed by atoms with Crippen LogP contribution in [0.5, 0.6) is 5.75 Å². The van der Waals surface area contributed by atoms with Gasteiger partial charge >= 0.3 is 12.0 Å². The lowest BCUT2D eigenvalue weighted by Gasteiger charge is -2.23. The zero-order valence-electron chi connectivity index (χ0n) is 18.9. The third kappa shape index (κ3) is 5.49. The molecule has 0 aliphatic heterocycles. The predicted molar refractivity (Wildman–Crippen MR) is 124 cm³/mol. The number of ether oxygens (including phenoxy) is 2. The molecule has 0 radical (unpaired) electrons. The number of aromatic nitrogens is 1. The minimum Gasteiger partial charge on any atom is -0.497 e. The number of aryl methyl sites for hydroxylation is 1. The summed E-state index contributed by atoms with van der Waals surface area (Å²) in [5.41, 5.74) is 4.51. The summed E-state index contributed by atoms with van der Waals surface area (Å²) < 4.78 is 10.4. The van der Waals surface area contributed by atoms with Gasteiger partial charge in [0.05, 0.1) is 25.8 Å². The van der Waals surface area contributed by atoms with E-state index in [1.54, 1.807) is 43.2 Å². The standard InChI is InChI=1S/C25H29N3O4/c1-5-32-24(29)23-17(2)22(26-18(23)3)16-28(15-19-9-7-6-8-10-19)25(30)27-20-11-13-21(31-4)14-12-20/h6-14,26H,5,15-16H2,1-4H3,(H,27,30). The Bertz CT molecular complexity index is 1060. The number of urea groups is 1. The molecule has 1 heterocycles. The van der Waals surface area contributed by atoms with Gasteiger partial charge in [0.1, 0.15) is 5.75 Å². The third-order valence-electron chi connectivity index (χ3n) is 5.21. The summed E-state index contributed by atoms with van der Waals surface area (Å²) in [6, 6.07) is 16.7. The number of carbonyl (C=O) groups excluding carboxylic acids is 2. The van der Waals surface area contributed by atoms with Gasteiger partial charge in [-0.3, -0.25) is 0 Å². The Morgan fingerprint density at radius 2 is 1.69 bits per heavy atom. The molecule has 2 aromatic carbocycles. The molecule has 0 aliphatic carbocycles. The Hall–Kier alpha value is -3.74. The number of methoxy groups -OCH3 is 1. The summed E-state index contributed by atoms with van der Waals surface area (Å²) in [5, 5.41) is 2.94. The van der Waals surface area contributed by atoms with E-state index < -0.39 is 0 Å². The largest absolute Gasteiger partial charge is 0.497 e. The van der Waals surface area contributed by atoms with E-state index in [-0.39, 0.29) is 12.0 Å². The van der Waals surface area contributed by atoms with Gasteiger partial charge in [0.2, 0.25) is 0 Å². The van der Waals surface area contributed by atoms with Crippen LogP contribution in [0.4, 0.5) is 10.5 Å². The molecule has 0 unspecified atom stereocenters. The molecule has 2 amide bonds. The Balaban J connectivity index is 1.85. The van der Waals surface area contributed by atoms with Crippen molar-refractivity contribution in [2.75, 3.05) is 19.0 Å². The number of esters is 1. The number of hydrogen-bond donors (Lipinski definition) is 2. The van der Waals surface area contributed by atoms with Crippen molar-refractivity contribution in [3.8, 4) is 5.75 Å². The number of carbonyl (C=O) groups is 2. The number of aromatic amines is 1. The van der Waals surface area contributed by atoms with Crippen molar-refractivity contribution in [3.05, 3.63) is 82.7 Å². The first-order valence-electron chi connectivity index (χ1n) is 10.5. The normalized spacial score (nSPS) is 10.5. The molecule has 0 spiro atoms. The number of amides is 2. The van der Waals surface area contributed by atoms with Gasteiger partial charge in [0.15, 0.2) is 0 Å². The quantitative estimate of drug-likeness (QED) is 0.485. The molecule has 0 saturated heterocycles. The monoisotopic (exact) mass is 435 g/mol. The smallest absolute Gasteiger partial charge is 0.340 e. The van der Waals surface area contributed by atoms with E-state index in [1.165, 1.54) is 0 Å². The maximum absolute atomic E-state index is 13.2. The van der Waals surface area contributed by atoms with Crippen LogP contribution in [0.2, 0.25) is 0 Å². The Morgan fingerprint density at radius 3 is 2.31 bits per heavy atom. The number of anilines is 1. The SMILES string of the molecule is CCOC(=O)c1c(C)[nH]c(CN(Cc2ccccc2)C(=O)Nc2ccc(OC)cc2)c1C. The maximum Gasteiger partial charge on any atom is 0.340 e. The van der Waals surface area contributed by atoms with Crippen molar-refractivity contribution in [2.45, 2.75) is 33.9 Å². The summed E-state index contributed by atoms with van der Waals surface area (Å²) >= 11 is 0. The highest BCUT2D eigenvalue weighted by Crippen LogP contribution is 2.22. The van der Waals surface area contributed by atoms with E-state index in [9.17, 15) is 9.59 Å². The van der Waals surface area contributed by atoms with Crippen molar-refractivity contribution in [2.24, 2.45) is 0 Å². The highest BCUT2D eigenvalue weighted by molar-refractivity contribution is 5.93. The minimum absolute atomic E-state index is 0.247. The van der Waals surface area contributed by atoms with Crippen LogP contribution in [0.25, 0.3) is 0 Å². The first-order chi connectivity index (χ1) is 15.4. The summed E-state index contributed by atoms with van der Waals surface area (Å²) in [4.78, 5) is 30.5. The highest BCUT2D eigenvalue weighted by Gasteiger charge is 2.22. The molecule has 1 aromatic heterocycles. The number of rotatable bonds is 8. The molecule has 0 bridgehead atoms. The van der Waals surface area contributed by atoms with Gasteiger partial charge in [-0.15, -0.1) is 0 Å². The Kier molecular flexibility index (Phi) is 7.54. The Morgan fingerprint density at radius 1 is 1.00 bits per heavy atom. The molecule has 0 fully saturated rings. The number of hydrogen-bond acceptors (Lipinski definition) is 4. The van der Waals surface area contributed by atoms with Crippen molar-refractivity contribution < 1.29 is 19.1 Å². The second-order valence-electron chi connectivity index (χ2n) is 7.45. The van der Waals surface area contributed by atoms with Crippen LogP contribution in [-0.4, -0.2) is 35.6 Å². The molecular formula is C25H29N3O4. The first-order valence-corrected chi connectivity index (χ1v) is 10.5. The van der Waals surface area contributed by atoms with E-state index in [1.807, 2.05) is 44.2 Å². The summed E-state index contributed by atoms with van der Waals surface area (Å²) in [6.45, 7) is 6.51. The van der Waals surface area contributed by atoms with Gasteiger partial charge in [-0.05, 0) is 56.2 Å². The fourth-order valence-corrected chi connectivity index (χ4v) is 3.55. The summed E-state index contributed by atoms with van der Waals surface area (Å²) in [6.07, 6.45) is 0.